The van der Waals surface area contributed by atoms with Crippen LogP contribution in [0.1, 0.15) is 5.56 Å². The third-order valence-electron chi connectivity index (χ3n) is 2.46. The van der Waals surface area contributed by atoms with E-state index >= 15 is 0 Å². The van der Waals surface area contributed by atoms with E-state index in [9.17, 15) is 0 Å². The molecule has 0 saturated heterocycles. The molecule has 0 spiro atoms. The average molecular weight is 306 g/mol. The molecule has 0 amide bonds. The molecule has 4 heteroatoms. The van der Waals surface area contributed by atoms with Crippen LogP contribution in [-0.4, -0.2) is 0 Å². The van der Waals surface area contributed by atoms with E-state index in [4.69, 9.17) is 46.4 Å². The molecule has 0 aromatic heterocycles. The van der Waals surface area contributed by atoms with E-state index in [1.165, 1.54) is 0 Å². The minimum absolute atomic E-state index is 0.359. The van der Waals surface area contributed by atoms with Crippen molar-refractivity contribution in [1.82, 2.24) is 0 Å². The highest BCUT2D eigenvalue weighted by Crippen LogP contribution is 2.40. The topological polar surface area (TPSA) is 0 Å². The molecule has 0 bridgehead atoms. The van der Waals surface area contributed by atoms with Gasteiger partial charge in [-0.15, -0.1) is 11.6 Å². The third-order valence-corrected chi connectivity index (χ3v) is 3.69. The Morgan fingerprint density at radius 3 is 1.71 bits per heavy atom. The number of hydrogen-bond donors (Lipinski definition) is 0. The van der Waals surface area contributed by atoms with E-state index in [0.29, 0.717) is 20.9 Å². The maximum Gasteiger partial charge on any atom is 0.0500 e. The van der Waals surface area contributed by atoms with Crippen molar-refractivity contribution >= 4 is 46.4 Å². The molecule has 0 aliphatic rings. The van der Waals surface area contributed by atoms with Crippen LogP contribution in [0.2, 0.25) is 15.1 Å². The van der Waals surface area contributed by atoms with Gasteiger partial charge in [-0.3, -0.25) is 0 Å². The predicted molar refractivity (Wildman–Crippen MR) is 76.5 cm³/mol. The van der Waals surface area contributed by atoms with Crippen LogP contribution in [0.3, 0.4) is 0 Å². The Balaban J connectivity index is 2.76. The first kappa shape index (κ1) is 13.0. The summed E-state index contributed by atoms with van der Waals surface area (Å²) in [6.45, 7) is 0. The van der Waals surface area contributed by atoms with Gasteiger partial charge in [-0.05, 0) is 23.8 Å². The van der Waals surface area contributed by atoms with E-state index in [-0.39, 0.29) is 0 Å². The Morgan fingerprint density at radius 1 is 0.706 bits per heavy atom. The van der Waals surface area contributed by atoms with E-state index in [2.05, 4.69) is 0 Å². The van der Waals surface area contributed by atoms with Crippen molar-refractivity contribution < 1.29 is 0 Å². The van der Waals surface area contributed by atoms with Gasteiger partial charge < -0.3 is 0 Å². The molecular weight excluding hydrogens is 298 g/mol. The van der Waals surface area contributed by atoms with Crippen molar-refractivity contribution in [3.8, 4) is 11.1 Å². The predicted octanol–water partition coefficient (Wildman–Crippen LogP) is 6.05. The molecule has 0 aliphatic heterocycles. The average Bonchev–Trinajstić information content (AvgIpc) is 2.30. The van der Waals surface area contributed by atoms with Crippen LogP contribution >= 0.6 is 46.4 Å². The van der Waals surface area contributed by atoms with Crippen molar-refractivity contribution in [2.45, 2.75) is 5.88 Å². The van der Waals surface area contributed by atoms with Gasteiger partial charge in [-0.25, -0.2) is 0 Å². The zero-order chi connectivity index (χ0) is 12.4. The lowest BCUT2D eigenvalue weighted by Gasteiger charge is -2.12. The fourth-order valence-corrected chi connectivity index (χ4v) is 2.79. The second-order valence-electron chi connectivity index (χ2n) is 3.50. The first-order valence-electron chi connectivity index (χ1n) is 4.93. The zero-order valence-electron chi connectivity index (χ0n) is 8.68. The van der Waals surface area contributed by atoms with Gasteiger partial charge in [0.2, 0.25) is 0 Å². The summed E-state index contributed by atoms with van der Waals surface area (Å²) in [6.07, 6.45) is 0. The third kappa shape index (κ3) is 2.56. The summed E-state index contributed by atoms with van der Waals surface area (Å²) in [5.74, 6) is 0.359. The Bertz CT molecular complexity index is 529. The van der Waals surface area contributed by atoms with Crippen molar-refractivity contribution in [1.29, 1.82) is 0 Å². The largest absolute Gasteiger partial charge is 0.122 e. The smallest absolute Gasteiger partial charge is 0.0500 e. The van der Waals surface area contributed by atoms with Crippen LogP contribution < -0.4 is 0 Å². The van der Waals surface area contributed by atoms with Crippen molar-refractivity contribution in [3.63, 3.8) is 0 Å². The highest BCUT2D eigenvalue weighted by Gasteiger charge is 2.15. The molecule has 0 saturated carbocycles. The van der Waals surface area contributed by atoms with Crippen molar-refractivity contribution in [2.75, 3.05) is 0 Å². The number of alkyl halides is 1. The van der Waals surface area contributed by atoms with Crippen LogP contribution in [0.5, 0.6) is 0 Å². The number of benzene rings is 2. The molecule has 2 rings (SSSR count). The molecule has 0 atom stereocenters. The van der Waals surface area contributed by atoms with Gasteiger partial charge in [-0.2, -0.15) is 0 Å². The summed E-state index contributed by atoms with van der Waals surface area (Å²) in [4.78, 5) is 0. The molecule has 0 fully saturated rings. The molecular formula is C13H8Cl4. The van der Waals surface area contributed by atoms with Crippen LogP contribution in [-0.2, 0) is 5.88 Å². The first-order chi connectivity index (χ1) is 8.15. The van der Waals surface area contributed by atoms with Gasteiger partial charge in [0.05, 0.1) is 0 Å². The molecule has 17 heavy (non-hydrogen) atoms. The first-order valence-corrected chi connectivity index (χ1v) is 6.59. The van der Waals surface area contributed by atoms with Crippen LogP contribution in [0, 0.1) is 0 Å². The highest BCUT2D eigenvalue weighted by molar-refractivity contribution is 6.41. The second kappa shape index (κ2) is 5.49. The number of halogens is 4. The van der Waals surface area contributed by atoms with Gasteiger partial charge >= 0.3 is 0 Å². The van der Waals surface area contributed by atoms with Crippen molar-refractivity contribution in [2.24, 2.45) is 0 Å². The molecule has 0 nitrogen and oxygen atoms in total. The molecule has 0 unspecified atom stereocenters. The fraction of sp³-hybridized carbons (Fsp3) is 0.0769. The van der Waals surface area contributed by atoms with E-state index < -0.39 is 0 Å². The van der Waals surface area contributed by atoms with Gasteiger partial charge in [0, 0.05) is 32.1 Å². The quantitative estimate of drug-likeness (QED) is 0.592. The normalized spacial score (nSPS) is 10.6. The van der Waals surface area contributed by atoms with Gasteiger partial charge in [-0.1, -0.05) is 53.0 Å². The SMILES string of the molecule is ClCc1cccc(Cl)c1-c1c(Cl)cccc1Cl. The summed E-state index contributed by atoms with van der Waals surface area (Å²) < 4.78 is 0. The van der Waals surface area contributed by atoms with E-state index in [1.807, 2.05) is 12.1 Å². The highest BCUT2D eigenvalue weighted by atomic mass is 35.5. The minimum Gasteiger partial charge on any atom is -0.122 e. The van der Waals surface area contributed by atoms with Gasteiger partial charge in [0.1, 0.15) is 0 Å². The summed E-state index contributed by atoms with van der Waals surface area (Å²) in [5, 5.41) is 1.73. The summed E-state index contributed by atoms with van der Waals surface area (Å²) in [5.41, 5.74) is 2.45. The molecule has 2 aromatic carbocycles. The second-order valence-corrected chi connectivity index (χ2v) is 4.99. The molecule has 0 N–H and O–H groups in total. The minimum atomic E-state index is 0.359. The molecule has 88 valence electrons. The maximum absolute atomic E-state index is 6.21. The van der Waals surface area contributed by atoms with Gasteiger partial charge in [0.15, 0.2) is 0 Å². The summed E-state index contributed by atoms with van der Waals surface area (Å²) in [6, 6.07) is 10.9. The van der Waals surface area contributed by atoms with Crippen molar-refractivity contribution in [3.05, 3.63) is 57.0 Å². The fourth-order valence-electron chi connectivity index (χ4n) is 1.70. The standard InChI is InChI=1S/C13H8Cl4/c14-7-8-3-1-4-9(15)12(8)13-10(16)5-2-6-11(13)17/h1-6H,7H2. The molecule has 0 heterocycles. The van der Waals surface area contributed by atoms with E-state index in [0.717, 1.165) is 16.7 Å². The number of hydrogen-bond acceptors (Lipinski definition) is 0. The maximum atomic E-state index is 6.21. The monoisotopic (exact) mass is 304 g/mol. The lowest BCUT2D eigenvalue weighted by molar-refractivity contribution is 1.40. The molecule has 0 radical (unpaired) electrons. The summed E-state index contributed by atoms with van der Waals surface area (Å²) >= 11 is 24.5. The summed E-state index contributed by atoms with van der Waals surface area (Å²) in [7, 11) is 0. The van der Waals surface area contributed by atoms with Crippen LogP contribution in [0.4, 0.5) is 0 Å². The molecule has 2 aromatic rings. The Hall–Kier alpha value is -0.400. The number of rotatable bonds is 2. The van der Waals surface area contributed by atoms with Gasteiger partial charge in [0.25, 0.3) is 0 Å². The van der Waals surface area contributed by atoms with Crippen LogP contribution in [0.25, 0.3) is 11.1 Å². The zero-order valence-corrected chi connectivity index (χ0v) is 11.7. The van der Waals surface area contributed by atoms with Crippen LogP contribution in [0.15, 0.2) is 36.4 Å². The van der Waals surface area contributed by atoms with E-state index in [1.54, 1.807) is 24.3 Å². The Labute approximate surface area is 120 Å². The molecule has 0 aliphatic carbocycles. The lowest BCUT2D eigenvalue weighted by atomic mass is 10.0. The lowest BCUT2D eigenvalue weighted by Crippen LogP contribution is -1.89. The Kier molecular flexibility index (Phi) is 4.22. The Morgan fingerprint density at radius 2 is 1.18 bits per heavy atom.